The van der Waals surface area contributed by atoms with Crippen molar-refractivity contribution in [2.24, 2.45) is 0 Å². The monoisotopic (exact) mass is 252 g/mol. The average molecular weight is 252 g/mol. The highest BCUT2D eigenvalue weighted by atomic mass is 33.1. The molecule has 0 heterocycles. The highest BCUT2D eigenvalue weighted by Gasteiger charge is 2.10. The lowest BCUT2D eigenvalue weighted by Gasteiger charge is -2.03. The van der Waals surface area contributed by atoms with Gasteiger partial charge in [-0.05, 0) is 23.6 Å². The number of hydrogen-bond donors (Lipinski definition) is 0. The highest BCUT2D eigenvalue weighted by molar-refractivity contribution is 8.72. The summed E-state index contributed by atoms with van der Waals surface area (Å²) in [7, 11) is -1.68. The first-order valence-electron chi connectivity index (χ1n) is 5.99. The molecule has 0 N–H and O–H groups in total. The third-order valence-electron chi connectivity index (χ3n) is 2.26. The Morgan fingerprint density at radius 2 is 1.47 bits per heavy atom. The van der Waals surface area contributed by atoms with Crippen molar-refractivity contribution in [2.75, 3.05) is 11.5 Å². The molecule has 0 fully saturated rings. The molecule has 0 saturated carbocycles. The van der Waals surface area contributed by atoms with E-state index in [1.54, 1.807) is 0 Å². The fraction of sp³-hybridized carbons (Fsp3) is 1.00. The summed E-state index contributed by atoms with van der Waals surface area (Å²) in [6.07, 6.45) is 7.49. The summed E-state index contributed by atoms with van der Waals surface area (Å²) in [5.41, 5.74) is 0. The van der Waals surface area contributed by atoms with Crippen molar-refractivity contribution in [2.45, 2.75) is 58.8 Å². The summed E-state index contributed by atoms with van der Waals surface area (Å²) in [6, 6.07) is 0. The Bertz CT molecular complexity index is 205. The highest BCUT2D eigenvalue weighted by Crippen LogP contribution is 2.17. The molecule has 0 aromatic heterocycles. The Morgan fingerprint density at radius 1 is 0.867 bits per heavy atom. The number of hydrogen-bond acceptors (Lipinski definition) is 3. The van der Waals surface area contributed by atoms with E-state index in [0.717, 1.165) is 61.5 Å². The van der Waals surface area contributed by atoms with E-state index < -0.39 is 8.87 Å². The molecule has 2 nitrogen and oxygen atoms in total. The largest absolute Gasteiger partial charge is 0.217 e. The SMILES string of the molecule is CCCCCCS(=O)(=O)SCCCCC. The molecular formula is C11H24O2S2. The van der Waals surface area contributed by atoms with Crippen LogP contribution in [0.1, 0.15) is 58.8 Å². The quantitative estimate of drug-likeness (QED) is 0.438. The number of rotatable bonds is 10. The minimum absolute atomic E-state index is 0.365. The van der Waals surface area contributed by atoms with Crippen LogP contribution >= 0.6 is 10.8 Å². The van der Waals surface area contributed by atoms with Gasteiger partial charge in [0.2, 0.25) is 8.87 Å². The summed E-state index contributed by atoms with van der Waals surface area (Å²) < 4.78 is 23.0. The van der Waals surface area contributed by atoms with E-state index in [0.29, 0.717) is 5.75 Å². The lowest BCUT2D eigenvalue weighted by atomic mass is 10.2. The third-order valence-corrected chi connectivity index (χ3v) is 5.94. The van der Waals surface area contributed by atoms with Crippen LogP contribution in [0.4, 0.5) is 0 Å². The Hall–Kier alpha value is 0.300. The van der Waals surface area contributed by atoms with E-state index in [2.05, 4.69) is 13.8 Å². The molecule has 15 heavy (non-hydrogen) atoms. The van der Waals surface area contributed by atoms with Gasteiger partial charge in [-0.3, -0.25) is 0 Å². The standard InChI is InChI=1S/C11H24O2S2/c1-3-5-7-9-11-15(12,13)14-10-8-6-4-2/h3-11H2,1-2H3. The molecule has 0 aliphatic heterocycles. The average Bonchev–Trinajstić information content (AvgIpc) is 2.20. The van der Waals surface area contributed by atoms with Gasteiger partial charge in [-0.25, -0.2) is 8.42 Å². The summed E-state index contributed by atoms with van der Waals surface area (Å²) >= 11 is 0. The van der Waals surface area contributed by atoms with Crippen LogP contribution in [-0.4, -0.2) is 19.9 Å². The smallest absolute Gasteiger partial charge is 0.201 e. The topological polar surface area (TPSA) is 34.1 Å². The van der Waals surface area contributed by atoms with Gasteiger partial charge in [0.25, 0.3) is 0 Å². The molecule has 0 aliphatic carbocycles. The molecule has 0 saturated heterocycles. The van der Waals surface area contributed by atoms with E-state index in [1.165, 1.54) is 0 Å². The number of unbranched alkanes of at least 4 members (excludes halogenated alkanes) is 5. The van der Waals surface area contributed by atoms with Crippen molar-refractivity contribution in [1.82, 2.24) is 0 Å². The van der Waals surface area contributed by atoms with Gasteiger partial charge in [0.15, 0.2) is 0 Å². The molecule has 4 heteroatoms. The van der Waals surface area contributed by atoms with Crippen molar-refractivity contribution in [3.63, 3.8) is 0 Å². The molecule has 0 unspecified atom stereocenters. The molecular weight excluding hydrogens is 228 g/mol. The van der Waals surface area contributed by atoms with Crippen LogP contribution in [0.5, 0.6) is 0 Å². The zero-order chi connectivity index (χ0) is 11.6. The lowest BCUT2D eigenvalue weighted by molar-refractivity contribution is 0.603. The Labute approximate surface area is 98.5 Å². The van der Waals surface area contributed by atoms with E-state index >= 15 is 0 Å². The molecule has 0 aliphatic rings. The van der Waals surface area contributed by atoms with Crippen molar-refractivity contribution < 1.29 is 8.42 Å². The van der Waals surface area contributed by atoms with Crippen molar-refractivity contribution in [1.29, 1.82) is 0 Å². The van der Waals surface area contributed by atoms with Gasteiger partial charge in [-0.15, -0.1) is 0 Å². The fourth-order valence-corrected chi connectivity index (χ4v) is 4.38. The molecule has 0 aromatic carbocycles. The summed E-state index contributed by atoms with van der Waals surface area (Å²) in [6.45, 7) is 4.26. The maximum absolute atomic E-state index is 11.5. The molecule has 0 aromatic rings. The maximum atomic E-state index is 11.5. The van der Waals surface area contributed by atoms with Crippen LogP contribution in [0.2, 0.25) is 0 Å². The Balaban J connectivity index is 3.50. The molecule has 0 spiro atoms. The molecule has 0 rings (SSSR count). The van der Waals surface area contributed by atoms with Gasteiger partial charge in [0.1, 0.15) is 0 Å². The van der Waals surface area contributed by atoms with Crippen LogP contribution in [0.3, 0.4) is 0 Å². The fourth-order valence-electron chi connectivity index (χ4n) is 1.30. The molecule has 0 radical (unpaired) electrons. The molecule has 0 atom stereocenters. The molecule has 92 valence electrons. The van der Waals surface area contributed by atoms with Gasteiger partial charge in [-0.2, -0.15) is 0 Å². The maximum Gasteiger partial charge on any atom is 0.201 e. The van der Waals surface area contributed by atoms with Crippen LogP contribution < -0.4 is 0 Å². The second-order valence-corrected chi connectivity index (χ2v) is 8.25. The van der Waals surface area contributed by atoms with Gasteiger partial charge in [0.05, 0.1) is 5.75 Å². The van der Waals surface area contributed by atoms with Crippen molar-refractivity contribution >= 4 is 19.7 Å². The third kappa shape index (κ3) is 10.6. The Morgan fingerprint density at radius 3 is 2.07 bits per heavy atom. The lowest BCUT2D eigenvalue weighted by Crippen LogP contribution is -2.02. The van der Waals surface area contributed by atoms with Gasteiger partial charge in [-0.1, -0.05) is 46.0 Å². The normalized spacial score (nSPS) is 11.9. The van der Waals surface area contributed by atoms with E-state index in [4.69, 9.17) is 0 Å². The van der Waals surface area contributed by atoms with Crippen molar-refractivity contribution in [3.8, 4) is 0 Å². The van der Waals surface area contributed by atoms with E-state index in [-0.39, 0.29) is 0 Å². The van der Waals surface area contributed by atoms with Gasteiger partial charge in [0, 0.05) is 5.75 Å². The zero-order valence-corrected chi connectivity index (χ0v) is 11.6. The van der Waals surface area contributed by atoms with Crippen molar-refractivity contribution in [3.05, 3.63) is 0 Å². The van der Waals surface area contributed by atoms with Gasteiger partial charge >= 0.3 is 0 Å². The predicted octanol–water partition coefficient (Wildman–Crippen LogP) is 3.82. The van der Waals surface area contributed by atoms with Crippen LogP contribution in [-0.2, 0) is 8.87 Å². The van der Waals surface area contributed by atoms with E-state index in [9.17, 15) is 8.42 Å². The minimum atomic E-state index is -2.83. The first-order valence-corrected chi connectivity index (χ1v) is 9.15. The van der Waals surface area contributed by atoms with Gasteiger partial charge < -0.3 is 0 Å². The Kier molecular flexibility index (Phi) is 9.71. The molecule has 0 bridgehead atoms. The van der Waals surface area contributed by atoms with E-state index in [1.807, 2.05) is 0 Å². The first kappa shape index (κ1) is 15.3. The second-order valence-electron chi connectivity index (χ2n) is 3.85. The van der Waals surface area contributed by atoms with Crippen LogP contribution in [0, 0.1) is 0 Å². The summed E-state index contributed by atoms with van der Waals surface area (Å²) in [5.74, 6) is 1.13. The minimum Gasteiger partial charge on any atom is -0.217 e. The zero-order valence-electron chi connectivity index (χ0n) is 10.00. The summed E-state index contributed by atoms with van der Waals surface area (Å²) in [5, 5.41) is 0. The summed E-state index contributed by atoms with van der Waals surface area (Å²) in [4.78, 5) is 0. The van der Waals surface area contributed by atoms with Crippen LogP contribution in [0.15, 0.2) is 0 Å². The predicted molar refractivity (Wildman–Crippen MR) is 69.9 cm³/mol. The molecule has 0 amide bonds. The van der Waals surface area contributed by atoms with Crippen LogP contribution in [0.25, 0.3) is 0 Å². The second kappa shape index (κ2) is 9.52. The first-order chi connectivity index (χ1) is 7.12.